The molecule has 0 heterocycles. The van der Waals surface area contributed by atoms with Gasteiger partial charge in [0.1, 0.15) is 5.82 Å². The van der Waals surface area contributed by atoms with Crippen molar-refractivity contribution in [2.75, 3.05) is 18.9 Å². The van der Waals surface area contributed by atoms with Gasteiger partial charge < -0.3 is 10.2 Å². The van der Waals surface area contributed by atoms with Crippen LogP contribution >= 0.6 is 0 Å². The lowest BCUT2D eigenvalue weighted by Crippen LogP contribution is -2.14. The van der Waals surface area contributed by atoms with Crippen molar-refractivity contribution in [3.8, 4) is 0 Å². The van der Waals surface area contributed by atoms with Crippen molar-refractivity contribution in [3.63, 3.8) is 0 Å². The highest BCUT2D eigenvalue weighted by molar-refractivity contribution is 5.71. The van der Waals surface area contributed by atoms with E-state index in [4.69, 9.17) is 0 Å². The van der Waals surface area contributed by atoms with Crippen LogP contribution < -0.4 is 5.32 Å². The van der Waals surface area contributed by atoms with Crippen LogP contribution in [0.2, 0.25) is 0 Å². The number of benzene rings is 2. The first-order chi connectivity index (χ1) is 10.9. The normalized spacial score (nSPS) is 11.0. The van der Waals surface area contributed by atoms with Crippen LogP contribution in [0, 0.1) is 26.6 Å². The predicted octanol–water partition coefficient (Wildman–Crippen LogP) is 5.11. The van der Waals surface area contributed by atoms with E-state index in [2.05, 4.69) is 17.2 Å². The van der Waals surface area contributed by atoms with Crippen LogP contribution in [0.4, 0.5) is 21.5 Å². The summed E-state index contributed by atoms with van der Waals surface area (Å²) in [5.74, 6) is -0.242. The molecule has 0 spiro atoms. The van der Waals surface area contributed by atoms with E-state index >= 15 is 0 Å². The van der Waals surface area contributed by atoms with Crippen LogP contribution in [0.1, 0.15) is 23.6 Å². The van der Waals surface area contributed by atoms with E-state index < -0.39 is 0 Å². The first-order valence-electron chi connectivity index (χ1n) is 7.79. The molecular formula is C19H24FN3. The fraction of sp³-hybridized carbons (Fsp3) is 0.316. The summed E-state index contributed by atoms with van der Waals surface area (Å²) in [6, 6.07) is 9.22. The molecule has 0 bridgehead atoms. The smallest absolute Gasteiger partial charge is 0.146 e. The standard InChI is InChI=1S/C19H24FN3/c1-6-23(5)12-21-18-10-15(4)19(11-14(18)3)22-17-8-7-13(2)9-16(17)20/h7-12,22H,6H2,1-5H3. The number of hydrogen-bond donors (Lipinski definition) is 1. The Morgan fingerprint density at radius 1 is 1.09 bits per heavy atom. The van der Waals surface area contributed by atoms with Crippen molar-refractivity contribution in [2.24, 2.45) is 4.99 Å². The minimum atomic E-state index is -0.242. The number of nitrogens with one attached hydrogen (secondary N) is 1. The summed E-state index contributed by atoms with van der Waals surface area (Å²) < 4.78 is 14.0. The van der Waals surface area contributed by atoms with Gasteiger partial charge in [-0.15, -0.1) is 0 Å². The first-order valence-corrected chi connectivity index (χ1v) is 7.79. The summed E-state index contributed by atoms with van der Waals surface area (Å²) in [6.45, 7) is 8.87. The maximum absolute atomic E-state index is 14.0. The predicted molar refractivity (Wildman–Crippen MR) is 96.8 cm³/mol. The van der Waals surface area contributed by atoms with Gasteiger partial charge in [-0.05, 0) is 68.7 Å². The Kier molecular flexibility index (Phi) is 5.37. The Morgan fingerprint density at radius 2 is 1.83 bits per heavy atom. The van der Waals surface area contributed by atoms with E-state index in [-0.39, 0.29) is 5.82 Å². The highest BCUT2D eigenvalue weighted by Crippen LogP contribution is 2.29. The van der Waals surface area contributed by atoms with E-state index in [0.29, 0.717) is 5.69 Å². The SMILES string of the molecule is CCN(C)C=Nc1cc(C)c(Nc2ccc(C)cc2F)cc1C. The maximum atomic E-state index is 14.0. The third-order valence-corrected chi connectivity index (χ3v) is 3.83. The number of anilines is 2. The van der Waals surface area contributed by atoms with E-state index in [1.807, 2.05) is 57.3 Å². The molecular weight excluding hydrogens is 289 g/mol. The van der Waals surface area contributed by atoms with Gasteiger partial charge in [0.2, 0.25) is 0 Å². The van der Waals surface area contributed by atoms with E-state index in [0.717, 1.165) is 34.6 Å². The number of rotatable bonds is 5. The van der Waals surface area contributed by atoms with Crippen molar-refractivity contribution in [2.45, 2.75) is 27.7 Å². The summed E-state index contributed by atoms with van der Waals surface area (Å²) in [7, 11) is 1.99. The molecule has 0 aromatic heterocycles. The lowest BCUT2D eigenvalue weighted by molar-refractivity contribution is 0.552. The number of aliphatic imine (C=N–C) groups is 1. The first kappa shape index (κ1) is 17.0. The van der Waals surface area contributed by atoms with Crippen LogP contribution in [-0.4, -0.2) is 24.8 Å². The molecule has 2 aromatic carbocycles. The van der Waals surface area contributed by atoms with Gasteiger partial charge in [-0.25, -0.2) is 9.38 Å². The molecule has 0 aliphatic heterocycles. The summed E-state index contributed by atoms with van der Waals surface area (Å²) in [5.41, 5.74) is 5.30. The summed E-state index contributed by atoms with van der Waals surface area (Å²) >= 11 is 0. The molecule has 0 aliphatic rings. The van der Waals surface area contributed by atoms with Gasteiger partial charge in [-0.2, -0.15) is 0 Å². The highest BCUT2D eigenvalue weighted by Gasteiger charge is 2.07. The third kappa shape index (κ3) is 4.31. The molecule has 0 saturated heterocycles. The average molecular weight is 313 g/mol. The molecule has 1 N–H and O–H groups in total. The topological polar surface area (TPSA) is 27.6 Å². The zero-order valence-corrected chi connectivity index (χ0v) is 14.4. The minimum Gasteiger partial charge on any atom is -0.366 e. The number of nitrogens with zero attached hydrogens (tertiary/aromatic N) is 2. The Labute approximate surface area is 137 Å². The molecule has 0 aliphatic carbocycles. The van der Waals surface area contributed by atoms with Gasteiger partial charge >= 0.3 is 0 Å². The van der Waals surface area contributed by atoms with Crippen LogP contribution in [0.5, 0.6) is 0 Å². The maximum Gasteiger partial charge on any atom is 0.146 e. The average Bonchev–Trinajstić information content (AvgIpc) is 2.51. The molecule has 2 rings (SSSR count). The van der Waals surface area contributed by atoms with Gasteiger partial charge in [0.15, 0.2) is 0 Å². The molecule has 0 saturated carbocycles. The quantitative estimate of drug-likeness (QED) is 0.614. The van der Waals surface area contributed by atoms with E-state index in [9.17, 15) is 4.39 Å². The largest absolute Gasteiger partial charge is 0.366 e. The Bertz CT molecular complexity index is 723. The Morgan fingerprint density at radius 3 is 2.48 bits per heavy atom. The fourth-order valence-corrected chi connectivity index (χ4v) is 2.18. The summed E-state index contributed by atoms with van der Waals surface area (Å²) in [4.78, 5) is 6.53. The lowest BCUT2D eigenvalue weighted by Gasteiger charge is -2.14. The Hall–Kier alpha value is -2.36. The molecule has 4 heteroatoms. The van der Waals surface area contributed by atoms with Crippen LogP contribution in [0.15, 0.2) is 35.3 Å². The van der Waals surface area contributed by atoms with E-state index in [1.165, 1.54) is 6.07 Å². The van der Waals surface area contributed by atoms with Crippen molar-refractivity contribution in [3.05, 3.63) is 52.8 Å². The second-order valence-electron chi connectivity index (χ2n) is 5.88. The highest BCUT2D eigenvalue weighted by atomic mass is 19.1. The molecule has 0 fully saturated rings. The minimum absolute atomic E-state index is 0.242. The number of hydrogen-bond acceptors (Lipinski definition) is 2. The van der Waals surface area contributed by atoms with E-state index in [1.54, 1.807) is 6.07 Å². The van der Waals surface area contributed by atoms with Crippen LogP contribution in [-0.2, 0) is 0 Å². The third-order valence-electron chi connectivity index (χ3n) is 3.83. The van der Waals surface area contributed by atoms with Gasteiger partial charge in [0, 0.05) is 19.3 Å². The molecule has 0 amide bonds. The van der Waals surface area contributed by atoms with Crippen molar-refractivity contribution < 1.29 is 4.39 Å². The van der Waals surface area contributed by atoms with Gasteiger partial charge in [0.25, 0.3) is 0 Å². The van der Waals surface area contributed by atoms with Crippen LogP contribution in [0.3, 0.4) is 0 Å². The fourth-order valence-electron chi connectivity index (χ4n) is 2.18. The van der Waals surface area contributed by atoms with Crippen molar-refractivity contribution >= 4 is 23.4 Å². The van der Waals surface area contributed by atoms with Crippen LogP contribution in [0.25, 0.3) is 0 Å². The van der Waals surface area contributed by atoms with Gasteiger partial charge in [0.05, 0.1) is 17.7 Å². The van der Waals surface area contributed by atoms with Crippen molar-refractivity contribution in [1.82, 2.24) is 4.90 Å². The molecule has 3 nitrogen and oxygen atoms in total. The number of aryl methyl sites for hydroxylation is 3. The van der Waals surface area contributed by atoms with Gasteiger partial charge in [-0.1, -0.05) is 6.07 Å². The zero-order chi connectivity index (χ0) is 17.0. The van der Waals surface area contributed by atoms with Gasteiger partial charge in [-0.3, -0.25) is 0 Å². The molecule has 0 unspecified atom stereocenters. The molecule has 122 valence electrons. The molecule has 0 atom stereocenters. The zero-order valence-electron chi connectivity index (χ0n) is 14.4. The molecule has 23 heavy (non-hydrogen) atoms. The summed E-state index contributed by atoms with van der Waals surface area (Å²) in [6.07, 6.45) is 1.83. The number of halogens is 1. The monoisotopic (exact) mass is 313 g/mol. The second kappa shape index (κ2) is 7.27. The molecule has 2 aromatic rings. The second-order valence-corrected chi connectivity index (χ2v) is 5.88. The summed E-state index contributed by atoms with van der Waals surface area (Å²) in [5, 5.41) is 3.17. The molecule has 0 radical (unpaired) electrons. The lowest BCUT2D eigenvalue weighted by atomic mass is 10.1. The van der Waals surface area contributed by atoms with Crippen molar-refractivity contribution in [1.29, 1.82) is 0 Å². The Balaban J connectivity index is 2.27.